The summed E-state index contributed by atoms with van der Waals surface area (Å²) in [7, 11) is 0. The molecule has 2 heterocycles. The fourth-order valence-electron chi connectivity index (χ4n) is 2.30. The highest BCUT2D eigenvalue weighted by molar-refractivity contribution is 7.19. The van der Waals surface area contributed by atoms with Gasteiger partial charge in [-0.1, -0.05) is 48.6 Å². The van der Waals surface area contributed by atoms with E-state index in [0.717, 1.165) is 33.2 Å². The molecule has 22 heavy (non-hydrogen) atoms. The molecule has 0 unspecified atom stereocenters. The van der Waals surface area contributed by atoms with Crippen molar-refractivity contribution in [3.8, 4) is 11.3 Å². The number of carbonyl (C=O) groups excluding carboxylic acids is 1. The summed E-state index contributed by atoms with van der Waals surface area (Å²) in [5, 5.41) is 3.01. The standard InChI is InChI=1S/C17H19N3OS/c1-4-11(2)18-16(21)15-12(3)20-10-14(19-17(20)22-15)13-8-6-5-7-9-13/h5-11H,4H2,1-3H3,(H,18,21)/t11-/m1/s1. The van der Waals surface area contributed by atoms with Gasteiger partial charge in [0, 0.05) is 23.5 Å². The lowest BCUT2D eigenvalue weighted by Crippen LogP contribution is -2.31. The Morgan fingerprint density at radius 1 is 1.36 bits per heavy atom. The minimum Gasteiger partial charge on any atom is -0.349 e. The van der Waals surface area contributed by atoms with Crippen LogP contribution in [-0.4, -0.2) is 21.3 Å². The number of amides is 1. The number of aromatic nitrogens is 2. The fraction of sp³-hybridized carbons (Fsp3) is 0.294. The van der Waals surface area contributed by atoms with E-state index in [1.165, 1.54) is 11.3 Å². The Hall–Kier alpha value is -2.14. The van der Waals surface area contributed by atoms with E-state index in [1.54, 1.807) is 0 Å². The van der Waals surface area contributed by atoms with Gasteiger partial charge < -0.3 is 5.32 Å². The van der Waals surface area contributed by atoms with E-state index in [-0.39, 0.29) is 11.9 Å². The fourth-order valence-corrected chi connectivity index (χ4v) is 3.31. The predicted octanol–water partition coefficient (Wildman–Crippen LogP) is 3.90. The van der Waals surface area contributed by atoms with E-state index in [0.29, 0.717) is 0 Å². The SMILES string of the molecule is CC[C@@H](C)NC(=O)c1sc2nc(-c3ccccc3)cn2c1C. The average molecular weight is 313 g/mol. The van der Waals surface area contributed by atoms with E-state index in [1.807, 2.05) is 54.8 Å². The van der Waals surface area contributed by atoms with E-state index < -0.39 is 0 Å². The van der Waals surface area contributed by atoms with Crippen LogP contribution in [0, 0.1) is 6.92 Å². The first-order valence-electron chi connectivity index (χ1n) is 7.45. The molecule has 0 saturated heterocycles. The Balaban J connectivity index is 1.95. The molecule has 5 heteroatoms. The van der Waals surface area contributed by atoms with Crippen LogP contribution in [0.2, 0.25) is 0 Å². The molecule has 114 valence electrons. The second kappa shape index (κ2) is 5.93. The molecule has 0 spiro atoms. The summed E-state index contributed by atoms with van der Waals surface area (Å²) < 4.78 is 2.00. The van der Waals surface area contributed by atoms with Gasteiger partial charge in [0.2, 0.25) is 0 Å². The van der Waals surface area contributed by atoms with Gasteiger partial charge >= 0.3 is 0 Å². The Kier molecular flexibility index (Phi) is 3.98. The van der Waals surface area contributed by atoms with Crippen molar-refractivity contribution in [2.24, 2.45) is 0 Å². The van der Waals surface area contributed by atoms with Crippen molar-refractivity contribution >= 4 is 22.2 Å². The lowest BCUT2D eigenvalue weighted by atomic mass is 10.2. The number of fused-ring (bicyclic) bond motifs is 1. The van der Waals surface area contributed by atoms with Crippen molar-refractivity contribution < 1.29 is 4.79 Å². The molecule has 0 saturated carbocycles. The summed E-state index contributed by atoms with van der Waals surface area (Å²) in [6.45, 7) is 6.04. The molecule has 0 aliphatic rings. The van der Waals surface area contributed by atoms with Crippen LogP contribution in [0.15, 0.2) is 36.5 Å². The molecule has 0 fully saturated rings. The summed E-state index contributed by atoms with van der Waals surface area (Å²) in [5.74, 6) is -0.0105. The number of thiazole rings is 1. The van der Waals surface area contributed by atoms with E-state index in [2.05, 4.69) is 17.2 Å². The maximum absolute atomic E-state index is 12.3. The maximum Gasteiger partial charge on any atom is 0.263 e. The molecule has 3 rings (SSSR count). The molecule has 2 aromatic heterocycles. The quantitative estimate of drug-likeness (QED) is 0.794. The van der Waals surface area contributed by atoms with Gasteiger partial charge in [0.15, 0.2) is 4.96 Å². The zero-order valence-electron chi connectivity index (χ0n) is 13.0. The molecule has 1 atom stereocenters. The van der Waals surface area contributed by atoms with Gasteiger partial charge in [-0.05, 0) is 20.3 Å². The molecule has 1 aromatic carbocycles. The Morgan fingerprint density at radius 2 is 2.09 bits per heavy atom. The molecule has 1 N–H and O–H groups in total. The van der Waals surface area contributed by atoms with E-state index >= 15 is 0 Å². The van der Waals surface area contributed by atoms with Gasteiger partial charge in [-0.3, -0.25) is 9.20 Å². The molecule has 3 aromatic rings. The third-order valence-corrected chi connectivity index (χ3v) is 4.98. The van der Waals surface area contributed by atoms with Gasteiger partial charge in [-0.25, -0.2) is 4.98 Å². The van der Waals surface area contributed by atoms with Crippen LogP contribution in [0.25, 0.3) is 16.2 Å². The van der Waals surface area contributed by atoms with Crippen molar-refractivity contribution in [1.82, 2.24) is 14.7 Å². The van der Waals surface area contributed by atoms with Crippen LogP contribution >= 0.6 is 11.3 Å². The predicted molar refractivity (Wildman–Crippen MR) is 90.5 cm³/mol. The number of nitrogens with zero attached hydrogens (tertiary/aromatic N) is 2. The number of hydrogen-bond acceptors (Lipinski definition) is 3. The van der Waals surface area contributed by atoms with Crippen molar-refractivity contribution in [3.05, 3.63) is 47.1 Å². The third kappa shape index (κ3) is 2.64. The second-order valence-corrected chi connectivity index (χ2v) is 6.42. The van der Waals surface area contributed by atoms with Gasteiger partial charge in [0.1, 0.15) is 4.88 Å². The third-order valence-electron chi connectivity index (χ3n) is 3.82. The zero-order valence-corrected chi connectivity index (χ0v) is 13.8. The van der Waals surface area contributed by atoms with E-state index in [4.69, 9.17) is 0 Å². The molecule has 0 bridgehead atoms. The van der Waals surface area contributed by atoms with Crippen LogP contribution in [0.5, 0.6) is 0 Å². The number of carbonyl (C=O) groups is 1. The Morgan fingerprint density at radius 3 is 2.73 bits per heavy atom. The lowest BCUT2D eigenvalue weighted by molar-refractivity contribution is 0.0942. The number of rotatable bonds is 4. The summed E-state index contributed by atoms with van der Waals surface area (Å²) >= 11 is 1.44. The summed E-state index contributed by atoms with van der Waals surface area (Å²) in [4.78, 5) is 18.6. The number of hydrogen-bond donors (Lipinski definition) is 1. The minimum absolute atomic E-state index is 0.0105. The topological polar surface area (TPSA) is 46.4 Å². The Labute approximate surface area is 133 Å². The van der Waals surface area contributed by atoms with Crippen LogP contribution in [-0.2, 0) is 0 Å². The van der Waals surface area contributed by atoms with Crippen molar-refractivity contribution in [1.29, 1.82) is 0 Å². The highest BCUT2D eigenvalue weighted by Crippen LogP contribution is 2.27. The summed E-state index contributed by atoms with van der Waals surface area (Å²) in [5.41, 5.74) is 2.96. The van der Waals surface area contributed by atoms with Gasteiger partial charge in [0.25, 0.3) is 5.91 Å². The number of benzene rings is 1. The van der Waals surface area contributed by atoms with E-state index in [9.17, 15) is 4.79 Å². The maximum atomic E-state index is 12.3. The minimum atomic E-state index is -0.0105. The van der Waals surface area contributed by atoms with Gasteiger partial charge in [0.05, 0.1) is 5.69 Å². The van der Waals surface area contributed by atoms with Crippen LogP contribution in [0.1, 0.15) is 35.6 Å². The smallest absolute Gasteiger partial charge is 0.263 e. The first-order valence-corrected chi connectivity index (χ1v) is 8.26. The zero-order chi connectivity index (χ0) is 15.7. The lowest BCUT2D eigenvalue weighted by Gasteiger charge is -2.10. The van der Waals surface area contributed by atoms with Crippen LogP contribution in [0.4, 0.5) is 0 Å². The summed E-state index contributed by atoms with van der Waals surface area (Å²) in [6, 6.07) is 10.3. The van der Waals surface area contributed by atoms with Crippen molar-refractivity contribution in [3.63, 3.8) is 0 Å². The first-order chi connectivity index (χ1) is 10.6. The molecular weight excluding hydrogens is 294 g/mol. The Bertz CT molecular complexity index is 804. The number of imidazole rings is 1. The van der Waals surface area contributed by atoms with Crippen molar-refractivity contribution in [2.45, 2.75) is 33.2 Å². The molecule has 1 amide bonds. The van der Waals surface area contributed by atoms with Gasteiger partial charge in [-0.2, -0.15) is 0 Å². The van der Waals surface area contributed by atoms with Crippen molar-refractivity contribution in [2.75, 3.05) is 0 Å². The first kappa shape index (κ1) is 14.8. The van der Waals surface area contributed by atoms with Crippen LogP contribution < -0.4 is 5.32 Å². The molecule has 0 radical (unpaired) electrons. The molecule has 0 aliphatic carbocycles. The highest BCUT2D eigenvalue weighted by Gasteiger charge is 2.18. The molecular formula is C17H19N3OS. The molecule has 0 aliphatic heterocycles. The highest BCUT2D eigenvalue weighted by atomic mass is 32.1. The normalized spacial score (nSPS) is 12.5. The molecule has 4 nitrogen and oxygen atoms in total. The van der Waals surface area contributed by atoms with Crippen LogP contribution in [0.3, 0.4) is 0 Å². The average Bonchev–Trinajstić information content (AvgIpc) is 3.08. The second-order valence-electron chi connectivity index (χ2n) is 5.44. The summed E-state index contributed by atoms with van der Waals surface area (Å²) in [6.07, 6.45) is 2.92. The van der Waals surface area contributed by atoms with Gasteiger partial charge in [-0.15, -0.1) is 0 Å². The monoisotopic (exact) mass is 313 g/mol. The largest absolute Gasteiger partial charge is 0.349 e. The number of nitrogens with one attached hydrogen (secondary N) is 1. The number of aryl methyl sites for hydroxylation is 1.